The summed E-state index contributed by atoms with van der Waals surface area (Å²) in [7, 11) is 0. The number of aliphatic hydroxyl groups excluding tert-OH is 4. The minimum absolute atomic E-state index is 0.0963. The van der Waals surface area contributed by atoms with Crippen LogP contribution >= 0.6 is 0 Å². The fourth-order valence-electron chi connectivity index (χ4n) is 11.5. The van der Waals surface area contributed by atoms with Gasteiger partial charge in [-0.1, -0.05) is 276 Å². The van der Waals surface area contributed by atoms with Crippen molar-refractivity contribution in [2.24, 2.45) is 21.7 Å². The third-order valence-corrected chi connectivity index (χ3v) is 17.2. The van der Waals surface area contributed by atoms with Crippen LogP contribution in [0.4, 0.5) is 0 Å². The molecule has 1 unspecified atom stereocenters. The molecule has 0 fully saturated rings. The minimum atomic E-state index is -0.792. The average molecular weight is 1140 g/mol. The Bertz CT molecular complexity index is 2980. The summed E-state index contributed by atoms with van der Waals surface area (Å²) in [6.45, 7) is 43.2. The molecule has 0 aromatic carbocycles. The first-order valence-corrected chi connectivity index (χ1v) is 31.0. The SMILES string of the molecule is CC1=C(/C=C/C(C)=C/C=C/C(C)=C/C=C/C=C(C)/C=C/C=C(C)/C=C/C2=C(C)[C@@H](O)CCC2(C)C)C(C)(C)CC(O)[C@@H]1O.CC1=C(/C=C/C(C)=C/C=C/C(C)=C/C=C/C=C(C)/C=C/C=C(C)/C=C/C2=C(C)[C@@H](O)CCC2(C)C)C(C)(C)CCC1. The normalized spacial score (nSPS) is 25.0. The van der Waals surface area contributed by atoms with Gasteiger partial charge < -0.3 is 20.4 Å². The van der Waals surface area contributed by atoms with Crippen molar-refractivity contribution in [2.45, 2.75) is 214 Å². The Kier molecular flexibility index (Phi) is 29.6. The van der Waals surface area contributed by atoms with E-state index < -0.39 is 12.2 Å². The van der Waals surface area contributed by atoms with E-state index in [0.717, 1.165) is 59.1 Å². The lowest BCUT2D eigenvalue weighted by molar-refractivity contribution is 0.00686. The Morgan fingerprint density at radius 2 is 0.619 bits per heavy atom. The number of hydrogen-bond donors (Lipinski definition) is 4. The van der Waals surface area contributed by atoms with Gasteiger partial charge in [-0.25, -0.2) is 0 Å². The molecule has 0 amide bonds. The van der Waals surface area contributed by atoms with E-state index in [1.807, 2.05) is 19.1 Å². The highest BCUT2D eigenvalue weighted by Crippen LogP contribution is 2.44. The van der Waals surface area contributed by atoms with Gasteiger partial charge in [0, 0.05) is 0 Å². The number of allylic oxidation sites excluding steroid dienone is 41. The van der Waals surface area contributed by atoms with Gasteiger partial charge in [0.2, 0.25) is 0 Å². The molecular formula is C80H112O4. The molecule has 0 bridgehead atoms. The largest absolute Gasteiger partial charge is 0.390 e. The van der Waals surface area contributed by atoms with Gasteiger partial charge in [0.25, 0.3) is 0 Å². The summed E-state index contributed by atoms with van der Waals surface area (Å²) in [5, 5.41) is 40.9. The highest BCUT2D eigenvalue weighted by molar-refractivity contribution is 5.43. The summed E-state index contributed by atoms with van der Waals surface area (Å²) in [5.74, 6) is 0. The van der Waals surface area contributed by atoms with E-state index in [1.165, 1.54) is 69.4 Å². The Labute approximate surface area is 513 Å². The van der Waals surface area contributed by atoms with Crippen LogP contribution in [0.5, 0.6) is 0 Å². The van der Waals surface area contributed by atoms with Crippen LogP contribution in [0.2, 0.25) is 0 Å². The van der Waals surface area contributed by atoms with Gasteiger partial charge in [0.05, 0.1) is 18.3 Å². The van der Waals surface area contributed by atoms with Crippen LogP contribution in [-0.4, -0.2) is 44.8 Å². The van der Waals surface area contributed by atoms with Crippen molar-refractivity contribution in [1.82, 2.24) is 0 Å². The molecule has 0 aliphatic heterocycles. The average Bonchev–Trinajstić information content (AvgIpc) is 2.04. The zero-order valence-electron chi connectivity index (χ0n) is 55.9. The molecule has 4 atom stereocenters. The van der Waals surface area contributed by atoms with Crippen LogP contribution < -0.4 is 0 Å². The molecule has 0 saturated carbocycles. The summed E-state index contributed by atoms with van der Waals surface area (Å²) in [4.78, 5) is 0. The van der Waals surface area contributed by atoms with Crippen LogP contribution in [0, 0.1) is 21.7 Å². The van der Waals surface area contributed by atoms with Gasteiger partial charge in [-0.2, -0.15) is 0 Å². The lowest BCUT2D eigenvalue weighted by Gasteiger charge is -2.38. The molecule has 84 heavy (non-hydrogen) atoms. The van der Waals surface area contributed by atoms with E-state index in [0.29, 0.717) is 6.42 Å². The second-order valence-electron chi connectivity index (χ2n) is 27.0. The third-order valence-electron chi connectivity index (χ3n) is 17.2. The maximum Gasteiger partial charge on any atom is 0.101 e. The molecule has 4 N–H and O–H groups in total. The predicted molar refractivity (Wildman–Crippen MR) is 368 cm³/mol. The van der Waals surface area contributed by atoms with Crippen LogP contribution in [0.25, 0.3) is 0 Å². The van der Waals surface area contributed by atoms with Crippen LogP contribution in [0.15, 0.2) is 259 Å². The standard InChI is InChI=1S/C40H56O3.C40H56O/c1-28(17-13-19-30(3)21-23-34-32(5)36(41)25-26-39(34,7)8)15-11-12-16-29(2)18-14-20-31(4)22-24-35-33(6)38(43)37(42)27-40(35,9)10;1-30(18-13-20-32(3)23-25-36-34(5)22-15-28-39(36,7)8)16-11-12-17-31(2)19-14-21-33(4)24-26-37-35(6)38(41)27-29-40(37,9)10/h11-24,36-38,41-43H,25-27H2,1-10H3;11-14,16-21,23-26,38,41H,15,22,27-29H2,1-10H3/b12-11+,17-13+,18-14+,23-21+,24-22+,28-15+,29-16+,30-19+,31-20+;12-11+,18-13+,19-14+,25-23+,26-24+,30-16+,31-17+,32-20+,33-21+/t36-,37?,38+;38-/m00/s1. The first-order valence-electron chi connectivity index (χ1n) is 31.0. The molecule has 4 nitrogen and oxygen atoms in total. The summed E-state index contributed by atoms with van der Waals surface area (Å²) in [6.07, 6.45) is 65.4. The molecule has 0 aromatic heterocycles. The molecule has 0 aromatic rings. The van der Waals surface area contributed by atoms with Crippen molar-refractivity contribution in [3.63, 3.8) is 0 Å². The first-order chi connectivity index (χ1) is 39.3. The van der Waals surface area contributed by atoms with E-state index in [9.17, 15) is 20.4 Å². The van der Waals surface area contributed by atoms with Gasteiger partial charge in [-0.05, 0) is 195 Å². The van der Waals surface area contributed by atoms with Gasteiger partial charge >= 0.3 is 0 Å². The van der Waals surface area contributed by atoms with E-state index in [1.54, 1.807) is 5.57 Å². The fourth-order valence-corrected chi connectivity index (χ4v) is 11.5. The number of hydrogen-bond acceptors (Lipinski definition) is 4. The summed E-state index contributed by atoms with van der Waals surface area (Å²) < 4.78 is 0. The molecule has 4 heteroatoms. The molecule has 4 aliphatic carbocycles. The Balaban J connectivity index is 0.000000441. The van der Waals surface area contributed by atoms with Crippen molar-refractivity contribution >= 4 is 0 Å². The monoisotopic (exact) mass is 1140 g/mol. The predicted octanol–water partition coefficient (Wildman–Crippen LogP) is 21.1. The molecule has 0 spiro atoms. The van der Waals surface area contributed by atoms with Crippen molar-refractivity contribution in [1.29, 1.82) is 0 Å². The van der Waals surface area contributed by atoms with E-state index in [4.69, 9.17) is 0 Å². The molecular weight excluding hydrogens is 1020 g/mol. The van der Waals surface area contributed by atoms with E-state index in [-0.39, 0.29) is 33.9 Å². The summed E-state index contributed by atoms with van der Waals surface area (Å²) in [5.41, 5.74) is 19.5. The molecule has 4 rings (SSSR count). The Hall–Kier alpha value is -5.88. The van der Waals surface area contributed by atoms with Gasteiger partial charge in [0.1, 0.15) is 6.10 Å². The second kappa shape index (κ2) is 34.3. The van der Waals surface area contributed by atoms with Crippen molar-refractivity contribution in [2.75, 3.05) is 0 Å². The molecule has 0 saturated heterocycles. The highest BCUT2D eigenvalue weighted by Gasteiger charge is 2.37. The smallest absolute Gasteiger partial charge is 0.101 e. The van der Waals surface area contributed by atoms with E-state index in [2.05, 4.69) is 290 Å². The van der Waals surface area contributed by atoms with Crippen molar-refractivity contribution < 1.29 is 20.4 Å². The van der Waals surface area contributed by atoms with Gasteiger partial charge in [-0.15, -0.1) is 0 Å². The summed E-state index contributed by atoms with van der Waals surface area (Å²) >= 11 is 0. The molecule has 4 aliphatic rings. The zero-order valence-corrected chi connectivity index (χ0v) is 55.9. The zero-order chi connectivity index (χ0) is 63.0. The lowest BCUT2D eigenvalue weighted by Crippen LogP contribution is -2.38. The number of rotatable bonds is 20. The second-order valence-corrected chi connectivity index (χ2v) is 27.0. The Morgan fingerprint density at radius 3 is 0.940 bits per heavy atom. The van der Waals surface area contributed by atoms with Gasteiger partial charge in [0.15, 0.2) is 0 Å². The van der Waals surface area contributed by atoms with E-state index >= 15 is 0 Å². The molecule has 0 radical (unpaired) electrons. The van der Waals surface area contributed by atoms with Gasteiger partial charge in [-0.3, -0.25) is 0 Å². The van der Waals surface area contributed by atoms with Crippen LogP contribution in [0.1, 0.15) is 190 Å². The topological polar surface area (TPSA) is 80.9 Å². The third kappa shape index (κ3) is 24.6. The van der Waals surface area contributed by atoms with Crippen LogP contribution in [0.3, 0.4) is 0 Å². The first kappa shape index (κ1) is 72.4. The minimum Gasteiger partial charge on any atom is -0.390 e. The summed E-state index contributed by atoms with van der Waals surface area (Å²) in [6, 6.07) is 0. The van der Waals surface area contributed by atoms with Crippen molar-refractivity contribution in [3.05, 3.63) is 259 Å². The molecule has 0 heterocycles. The lowest BCUT2D eigenvalue weighted by atomic mass is 9.70. The fraction of sp³-hybridized carbons (Fsp3) is 0.450. The molecule has 456 valence electrons. The quantitative estimate of drug-likeness (QED) is 0.0916. The maximum absolute atomic E-state index is 10.3. The van der Waals surface area contributed by atoms with Crippen molar-refractivity contribution in [3.8, 4) is 0 Å². The maximum atomic E-state index is 10.3. The number of aliphatic hydroxyl groups is 4. The Morgan fingerprint density at radius 1 is 0.345 bits per heavy atom. The highest BCUT2D eigenvalue weighted by atomic mass is 16.3. The van der Waals surface area contributed by atoms with Crippen LogP contribution in [-0.2, 0) is 0 Å².